The van der Waals surface area contributed by atoms with Crippen LogP contribution in [0.1, 0.15) is 4.88 Å². The summed E-state index contributed by atoms with van der Waals surface area (Å²) in [4.78, 5) is 43.5. The highest BCUT2D eigenvalue weighted by atomic mass is 32.1. The maximum absolute atomic E-state index is 12.4. The lowest BCUT2D eigenvalue weighted by Crippen LogP contribution is -2.38. The smallest absolute Gasteiger partial charge is 0.332 e. The molecule has 0 fully saturated rings. The number of amides is 1. The molecule has 3 rings (SSSR count). The number of nitrogens with zero attached hydrogens (tertiary/aromatic N) is 5. The minimum Gasteiger partial charge on any atom is -0.339 e. The molecule has 0 aliphatic carbocycles. The standard InChI is InChI=1S/C15H17N5O3S/c1-17(7-10-5-4-6-24-10)11(21)8-20-9-16-13-12(20)14(22)19(3)15(23)18(13)2/h4-6,9H,7-8H2,1-3H3. The number of thiophene rings is 1. The SMILES string of the molecule is CN(Cc1cccs1)C(=O)Cn1cnc2c1c(=O)n(C)c(=O)n2C. The van der Waals surface area contributed by atoms with E-state index in [-0.39, 0.29) is 23.6 Å². The second kappa shape index (κ2) is 6.08. The third kappa shape index (κ3) is 2.67. The Morgan fingerprint density at radius 2 is 2.04 bits per heavy atom. The molecule has 0 aliphatic rings. The van der Waals surface area contributed by atoms with Gasteiger partial charge in [-0.15, -0.1) is 11.3 Å². The molecular weight excluding hydrogens is 330 g/mol. The van der Waals surface area contributed by atoms with E-state index in [9.17, 15) is 14.4 Å². The molecule has 0 N–H and O–H groups in total. The maximum atomic E-state index is 12.4. The molecule has 0 saturated carbocycles. The van der Waals surface area contributed by atoms with Crippen LogP contribution < -0.4 is 11.2 Å². The molecule has 0 spiro atoms. The molecular formula is C15H17N5O3S. The van der Waals surface area contributed by atoms with Gasteiger partial charge in [0.15, 0.2) is 11.2 Å². The molecule has 24 heavy (non-hydrogen) atoms. The number of aromatic nitrogens is 4. The van der Waals surface area contributed by atoms with Crippen molar-refractivity contribution in [1.29, 1.82) is 0 Å². The number of rotatable bonds is 4. The number of hydrogen-bond acceptors (Lipinski definition) is 5. The van der Waals surface area contributed by atoms with Gasteiger partial charge in [0.25, 0.3) is 5.56 Å². The zero-order valence-corrected chi connectivity index (χ0v) is 14.4. The van der Waals surface area contributed by atoms with Crippen LogP contribution in [0.3, 0.4) is 0 Å². The van der Waals surface area contributed by atoms with Crippen molar-refractivity contribution in [2.24, 2.45) is 14.1 Å². The number of likely N-dealkylation sites (N-methyl/N-ethyl adjacent to an activating group) is 1. The number of carbonyl (C=O) groups excluding carboxylic acids is 1. The molecule has 3 aromatic rings. The molecule has 0 aliphatic heterocycles. The van der Waals surface area contributed by atoms with E-state index < -0.39 is 11.2 Å². The number of aryl methyl sites for hydroxylation is 1. The quantitative estimate of drug-likeness (QED) is 0.673. The van der Waals surface area contributed by atoms with Gasteiger partial charge < -0.3 is 9.47 Å². The summed E-state index contributed by atoms with van der Waals surface area (Å²) in [6.45, 7) is 0.505. The van der Waals surface area contributed by atoms with Gasteiger partial charge in [-0.05, 0) is 11.4 Å². The van der Waals surface area contributed by atoms with E-state index in [2.05, 4.69) is 4.98 Å². The molecule has 126 valence electrons. The Labute approximate surface area is 141 Å². The van der Waals surface area contributed by atoms with Crippen molar-refractivity contribution < 1.29 is 4.79 Å². The zero-order chi connectivity index (χ0) is 17.4. The Morgan fingerprint density at radius 1 is 1.29 bits per heavy atom. The maximum Gasteiger partial charge on any atom is 0.332 e. The third-order valence-electron chi connectivity index (χ3n) is 3.92. The molecule has 0 radical (unpaired) electrons. The van der Waals surface area contributed by atoms with Gasteiger partial charge in [-0.1, -0.05) is 6.07 Å². The summed E-state index contributed by atoms with van der Waals surface area (Å²) in [5.74, 6) is -0.140. The minimum atomic E-state index is -0.459. The Balaban J connectivity index is 1.92. The van der Waals surface area contributed by atoms with Gasteiger partial charge >= 0.3 is 5.69 Å². The van der Waals surface area contributed by atoms with Crippen molar-refractivity contribution in [1.82, 2.24) is 23.6 Å². The molecule has 0 unspecified atom stereocenters. The number of imidazole rings is 1. The van der Waals surface area contributed by atoms with Gasteiger partial charge in [-0.25, -0.2) is 9.78 Å². The van der Waals surface area contributed by atoms with Gasteiger partial charge in [0, 0.05) is 26.0 Å². The first kappa shape index (κ1) is 16.2. The first-order valence-electron chi connectivity index (χ1n) is 7.27. The van der Waals surface area contributed by atoms with Gasteiger partial charge in [-0.2, -0.15) is 0 Å². The van der Waals surface area contributed by atoms with Crippen LogP contribution in [-0.2, 0) is 32.0 Å². The summed E-state index contributed by atoms with van der Waals surface area (Å²) >= 11 is 1.58. The van der Waals surface area contributed by atoms with Crippen molar-refractivity contribution in [2.45, 2.75) is 13.1 Å². The second-order valence-electron chi connectivity index (χ2n) is 5.58. The van der Waals surface area contributed by atoms with E-state index in [4.69, 9.17) is 0 Å². The first-order valence-corrected chi connectivity index (χ1v) is 8.15. The summed E-state index contributed by atoms with van der Waals surface area (Å²) in [5, 5.41) is 1.96. The molecule has 3 aromatic heterocycles. The predicted molar refractivity (Wildman–Crippen MR) is 91.0 cm³/mol. The van der Waals surface area contributed by atoms with Crippen LogP contribution in [0.5, 0.6) is 0 Å². The lowest BCUT2D eigenvalue weighted by atomic mass is 10.4. The summed E-state index contributed by atoms with van der Waals surface area (Å²) in [7, 11) is 4.67. The van der Waals surface area contributed by atoms with Crippen molar-refractivity contribution in [3.63, 3.8) is 0 Å². The van der Waals surface area contributed by atoms with E-state index in [0.29, 0.717) is 6.54 Å². The van der Waals surface area contributed by atoms with Crippen LogP contribution in [-0.4, -0.2) is 36.5 Å². The number of fused-ring (bicyclic) bond motifs is 1. The Morgan fingerprint density at radius 3 is 2.71 bits per heavy atom. The van der Waals surface area contributed by atoms with E-state index in [1.54, 1.807) is 30.3 Å². The van der Waals surface area contributed by atoms with Crippen LogP contribution in [0, 0.1) is 0 Å². The van der Waals surface area contributed by atoms with Crippen LogP contribution in [0.2, 0.25) is 0 Å². The molecule has 0 saturated heterocycles. The van der Waals surface area contributed by atoms with E-state index in [1.165, 1.54) is 22.5 Å². The fraction of sp³-hybridized carbons (Fsp3) is 0.333. The summed E-state index contributed by atoms with van der Waals surface area (Å²) in [6.07, 6.45) is 1.42. The summed E-state index contributed by atoms with van der Waals surface area (Å²) < 4.78 is 3.80. The number of carbonyl (C=O) groups is 1. The topological polar surface area (TPSA) is 82.1 Å². The Hall–Kier alpha value is -2.68. The van der Waals surface area contributed by atoms with Crippen molar-refractivity contribution in [3.8, 4) is 0 Å². The zero-order valence-electron chi connectivity index (χ0n) is 13.6. The summed E-state index contributed by atoms with van der Waals surface area (Å²) in [5.41, 5.74) is -0.382. The van der Waals surface area contributed by atoms with Gasteiger partial charge in [0.1, 0.15) is 6.54 Å². The molecule has 3 heterocycles. The molecule has 8 nitrogen and oxygen atoms in total. The normalized spacial score (nSPS) is 11.1. The number of hydrogen-bond donors (Lipinski definition) is 0. The van der Waals surface area contributed by atoms with Crippen molar-refractivity contribution in [3.05, 3.63) is 49.6 Å². The molecule has 0 atom stereocenters. The summed E-state index contributed by atoms with van der Waals surface area (Å²) in [6, 6.07) is 3.90. The molecule has 0 bridgehead atoms. The lowest BCUT2D eigenvalue weighted by molar-refractivity contribution is -0.130. The predicted octanol–water partition coefficient (Wildman–Crippen LogP) is 0.154. The average molecular weight is 347 g/mol. The molecule has 9 heteroatoms. The largest absolute Gasteiger partial charge is 0.339 e. The van der Waals surface area contributed by atoms with Crippen LogP contribution in [0.4, 0.5) is 0 Å². The monoisotopic (exact) mass is 347 g/mol. The van der Waals surface area contributed by atoms with Crippen LogP contribution in [0.15, 0.2) is 33.4 Å². The highest BCUT2D eigenvalue weighted by Crippen LogP contribution is 2.12. The van der Waals surface area contributed by atoms with Crippen molar-refractivity contribution >= 4 is 28.4 Å². The molecule has 1 amide bonds. The second-order valence-corrected chi connectivity index (χ2v) is 6.61. The van der Waals surface area contributed by atoms with Gasteiger partial charge in [0.2, 0.25) is 5.91 Å². The Kier molecular flexibility index (Phi) is 4.10. The Bertz CT molecular complexity index is 1010. The average Bonchev–Trinajstić information content (AvgIpc) is 3.20. The fourth-order valence-electron chi connectivity index (χ4n) is 2.51. The fourth-order valence-corrected chi connectivity index (χ4v) is 3.27. The van der Waals surface area contributed by atoms with E-state index >= 15 is 0 Å². The minimum absolute atomic E-state index is 0.00812. The van der Waals surface area contributed by atoms with Crippen molar-refractivity contribution in [2.75, 3.05) is 7.05 Å². The molecule has 0 aromatic carbocycles. The first-order chi connectivity index (χ1) is 11.4. The highest BCUT2D eigenvalue weighted by Gasteiger charge is 2.17. The lowest BCUT2D eigenvalue weighted by Gasteiger charge is -2.16. The van der Waals surface area contributed by atoms with Gasteiger partial charge in [-0.3, -0.25) is 18.7 Å². The van der Waals surface area contributed by atoms with Gasteiger partial charge in [0.05, 0.1) is 12.9 Å². The van der Waals surface area contributed by atoms with Crippen LogP contribution >= 0.6 is 11.3 Å². The highest BCUT2D eigenvalue weighted by molar-refractivity contribution is 7.09. The van der Waals surface area contributed by atoms with E-state index in [1.807, 2.05) is 17.5 Å². The van der Waals surface area contributed by atoms with Crippen LogP contribution in [0.25, 0.3) is 11.2 Å². The third-order valence-corrected chi connectivity index (χ3v) is 4.78. The van der Waals surface area contributed by atoms with E-state index in [0.717, 1.165) is 9.44 Å².